The zero-order chi connectivity index (χ0) is 27.0. The van der Waals surface area contributed by atoms with Crippen molar-refractivity contribution in [2.45, 2.75) is 44.6 Å². The maximum absolute atomic E-state index is 14.1. The number of hydrogen-bond acceptors (Lipinski definition) is 8. The van der Waals surface area contributed by atoms with E-state index in [2.05, 4.69) is 15.2 Å². The summed E-state index contributed by atoms with van der Waals surface area (Å²) in [6, 6.07) is 8.90. The zero-order valence-electron chi connectivity index (χ0n) is 21.7. The van der Waals surface area contributed by atoms with Crippen LogP contribution >= 0.6 is 0 Å². The first-order valence-electron chi connectivity index (χ1n) is 13.6. The molecule has 1 saturated carbocycles. The third kappa shape index (κ3) is 5.57. The Labute approximate surface area is 226 Å². The summed E-state index contributed by atoms with van der Waals surface area (Å²) in [7, 11) is -3.09. The molecule has 1 aliphatic carbocycles. The fraction of sp³-hybridized carbons (Fsp3) is 0.577. The highest BCUT2D eigenvalue weighted by atomic mass is 32.2. The Bertz CT molecular complexity index is 1420. The Morgan fingerprint density at radius 1 is 1.00 bits per heavy atom. The number of alkyl halides is 2. The number of fused-ring (bicyclic) bond motifs is 1. The van der Waals surface area contributed by atoms with Gasteiger partial charge in [0.25, 0.3) is 6.43 Å². The number of halogens is 2. The van der Waals surface area contributed by atoms with Crippen LogP contribution in [0.1, 0.15) is 44.4 Å². The van der Waals surface area contributed by atoms with Crippen LogP contribution in [0.3, 0.4) is 0 Å². The van der Waals surface area contributed by atoms with Gasteiger partial charge >= 0.3 is 0 Å². The van der Waals surface area contributed by atoms with Crippen molar-refractivity contribution in [3.63, 3.8) is 0 Å². The van der Waals surface area contributed by atoms with E-state index in [9.17, 15) is 17.2 Å². The van der Waals surface area contributed by atoms with Crippen LogP contribution in [0, 0.1) is 5.92 Å². The molecule has 0 amide bonds. The fourth-order valence-electron chi connectivity index (χ4n) is 5.84. The van der Waals surface area contributed by atoms with E-state index >= 15 is 0 Å². The van der Waals surface area contributed by atoms with Crippen molar-refractivity contribution in [2.24, 2.45) is 5.92 Å². The molecule has 3 fully saturated rings. The highest BCUT2D eigenvalue weighted by Gasteiger charge is 2.32. The predicted molar refractivity (Wildman–Crippen MR) is 144 cm³/mol. The smallest absolute Gasteiger partial charge is 0.296 e. The second-order valence-corrected chi connectivity index (χ2v) is 12.6. The van der Waals surface area contributed by atoms with Gasteiger partial charge in [-0.25, -0.2) is 26.5 Å². The van der Waals surface area contributed by atoms with Crippen molar-refractivity contribution in [3.05, 3.63) is 36.2 Å². The molecule has 2 saturated heterocycles. The van der Waals surface area contributed by atoms with Gasteiger partial charge in [-0.1, -0.05) is 12.1 Å². The molecular formula is C26H33F2N7O3S. The van der Waals surface area contributed by atoms with E-state index in [1.54, 1.807) is 34.6 Å². The molecule has 0 radical (unpaired) electrons. The SMILES string of the molecule is O=S1(=O)CCCN1C[C@H]1CC[C@H](Nc2nc(N3CCOCC3)cc(-n3c(C(F)F)nc4ccccc43)n2)CC1. The Hall–Kier alpha value is -2.90. The molecule has 0 atom stereocenters. The number of nitrogens with zero attached hydrogens (tertiary/aromatic N) is 6. The molecule has 2 aliphatic heterocycles. The summed E-state index contributed by atoms with van der Waals surface area (Å²) in [6.45, 7) is 3.63. The molecule has 0 unspecified atom stereocenters. The number of anilines is 2. The first-order valence-corrected chi connectivity index (χ1v) is 15.2. The van der Waals surface area contributed by atoms with E-state index in [0.717, 1.165) is 25.7 Å². The van der Waals surface area contributed by atoms with E-state index in [0.29, 0.717) is 80.3 Å². The molecule has 10 nitrogen and oxygen atoms in total. The zero-order valence-corrected chi connectivity index (χ0v) is 22.5. The van der Waals surface area contributed by atoms with E-state index in [4.69, 9.17) is 14.7 Å². The quantitative estimate of drug-likeness (QED) is 0.467. The van der Waals surface area contributed by atoms with E-state index in [1.807, 2.05) is 0 Å². The third-order valence-electron chi connectivity index (χ3n) is 7.89. The molecule has 3 aromatic rings. The maximum atomic E-state index is 14.1. The molecule has 0 bridgehead atoms. The number of benzene rings is 1. The van der Waals surface area contributed by atoms with Gasteiger partial charge in [-0.05, 0) is 50.2 Å². The molecule has 2 aromatic heterocycles. The van der Waals surface area contributed by atoms with Gasteiger partial charge in [0, 0.05) is 38.3 Å². The summed E-state index contributed by atoms with van der Waals surface area (Å²) in [4.78, 5) is 15.7. The number of imidazole rings is 1. The summed E-state index contributed by atoms with van der Waals surface area (Å²) in [6.07, 6.45) is 1.45. The van der Waals surface area contributed by atoms with Gasteiger partial charge in [-0.2, -0.15) is 9.97 Å². The molecule has 6 rings (SSSR count). The number of nitrogens with one attached hydrogen (secondary N) is 1. The van der Waals surface area contributed by atoms with E-state index < -0.39 is 16.4 Å². The third-order valence-corrected chi connectivity index (χ3v) is 9.81. The number of rotatable bonds is 7. The number of para-hydroxylation sites is 2. The standard InChI is InChI=1S/C26H33F2N7O3S/c27-24(28)25-30-20-4-1-2-5-21(20)35(25)23-16-22(33-11-13-38-14-12-33)31-26(32-23)29-19-8-6-18(7-9-19)17-34-10-3-15-39(34,36)37/h1-2,4-5,16,18-19,24H,3,6-15,17H2,(H,29,31,32)/t18-,19-. The number of morpholine rings is 1. The summed E-state index contributed by atoms with van der Waals surface area (Å²) >= 11 is 0. The molecule has 13 heteroatoms. The first-order chi connectivity index (χ1) is 18.9. The Kier molecular flexibility index (Phi) is 7.38. The minimum atomic E-state index is -3.09. The van der Waals surface area contributed by atoms with Crippen LogP contribution in [0.15, 0.2) is 30.3 Å². The number of sulfonamides is 1. The van der Waals surface area contributed by atoms with Crippen LogP contribution in [0.2, 0.25) is 0 Å². The van der Waals surface area contributed by atoms with E-state index in [-0.39, 0.29) is 17.6 Å². The van der Waals surface area contributed by atoms with Crippen LogP contribution in [0.5, 0.6) is 0 Å². The van der Waals surface area contributed by atoms with Crippen molar-refractivity contribution in [1.82, 2.24) is 23.8 Å². The molecule has 210 valence electrons. The lowest BCUT2D eigenvalue weighted by atomic mass is 9.86. The predicted octanol–water partition coefficient (Wildman–Crippen LogP) is 3.60. The second kappa shape index (κ2) is 10.9. The Balaban J connectivity index is 1.26. The van der Waals surface area contributed by atoms with Gasteiger partial charge in [-0.15, -0.1) is 0 Å². The number of aromatic nitrogens is 4. The highest BCUT2D eigenvalue weighted by Crippen LogP contribution is 2.31. The topological polar surface area (TPSA) is 105 Å². The van der Waals surface area contributed by atoms with E-state index in [1.165, 1.54) is 4.57 Å². The molecular weight excluding hydrogens is 528 g/mol. The number of hydrogen-bond donors (Lipinski definition) is 1. The van der Waals surface area contributed by atoms with Gasteiger partial charge in [-0.3, -0.25) is 4.57 Å². The average molecular weight is 562 g/mol. The number of ether oxygens (including phenoxy) is 1. The second-order valence-electron chi connectivity index (χ2n) is 10.5. The maximum Gasteiger partial charge on any atom is 0.296 e. The van der Waals surface area contributed by atoms with Crippen molar-refractivity contribution in [2.75, 3.05) is 55.4 Å². The van der Waals surface area contributed by atoms with Crippen LogP contribution in [0.4, 0.5) is 20.5 Å². The highest BCUT2D eigenvalue weighted by molar-refractivity contribution is 7.89. The van der Waals surface area contributed by atoms with Crippen LogP contribution in [-0.4, -0.2) is 83.4 Å². The van der Waals surface area contributed by atoms with Gasteiger partial charge in [0.1, 0.15) is 11.6 Å². The minimum Gasteiger partial charge on any atom is -0.378 e. The van der Waals surface area contributed by atoms with Gasteiger partial charge in [0.2, 0.25) is 16.0 Å². The minimum absolute atomic E-state index is 0.110. The Morgan fingerprint density at radius 2 is 1.74 bits per heavy atom. The molecule has 4 heterocycles. The Morgan fingerprint density at radius 3 is 2.46 bits per heavy atom. The van der Waals surface area contributed by atoms with Crippen molar-refractivity contribution in [3.8, 4) is 5.82 Å². The first kappa shape index (κ1) is 26.3. The average Bonchev–Trinajstić information content (AvgIpc) is 3.49. The lowest BCUT2D eigenvalue weighted by Gasteiger charge is -2.32. The molecule has 39 heavy (non-hydrogen) atoms. The van der Waals surface area contributed by atoms with Crippen LogP contribution in [-0.2, 0) is 14.8 Å². The summed E-state index contributed by atoms with van der Waals surface area (Å²) in [5, 5.41) is 3.46. The molecule has 3 aliphatic rings. The monoisotopic (exact) mass is 561 g/mol. The summed E-state index contributed by atoms with van der Waals surface area (Å²) in [5.41, 5.74) is 1.04. The molecule has 1 aromatic carbocycles. The molecule has 1 N–H and O–H groups in total. The van der Waals surface area contributed by atoms with Gasteiger partial charge in [0.15, 0.2) is 5.82 Å². The molecule has 0 spiro atoms. The van der Waals surface area contributed by atoms with Gasteiger partial charge < -0.3 is 15.0 Å². The lowest BCUT2D eigenvalue weighted by Crippen LogP contribution is -2.37. The largest absolute Gasteiger partial charge is 0.378 e. The van der Waals surface area contributed by atoms with Crippen LogP contribution in [0.25, 0.3) is 16.9 Å². The normalized spacial score (nSPS) is 24.0. The lowest BCUT2D eigenvalue weighted by molar-refractivity contribution is 0.122. The fourth-order valence-corrected chi connectivity index (χ4v) is 7.44. The summed E-state index contributed by atoms with van der Waals surface area (Å²) < 4.78 is 61.2. The van der Waals surface area contributed by atoms with Crippen molar-refractivity contribution in [1.29, 1.82) is 0 Å². The van der Waals surface area contributed by atoms with Gasteiger partial charge in [0.05, 0.1) is 30.0 Å². The van der Waals surface area contributed by atoms with Crippen molar-refractivity contribution < 1.29 is 21.9 Å². The van der Waals surface area contributed by atoms with Crippen LogP contribution < -0.4 is 10.2 Å². The van der Waals surface area contributed by atoms with Crippen molar-refractivity contribution >= 4 is 32.8 Å². The summed E-state index contributed by atoms with van der Waals surface area (Å²) in [5.74, 6) is 1.60.